The molecule has 0 bridgehead atoms. The van der Waals surface area contributed by atoms with Crippen LogP contribution in [-0.4, -0.2) is 28.9 Å². The lowest BCUT2D eigenvalue weighted by molar-refractivity contribution is -0.123. The number of anilines is 2. The fourth-order valence-electron chi connectivity index (χ4n) is 2.46. The van der Waals surface area contributed by atoms with E-state index in [-0.39, 0.29) is 5.69 Å². The molecule has 1 heterocycles. The summed E-state index contributed by atoms with van der Waals surface area (Å²) < 4.78 is 5.20. The SMILES string of the molecule is CC(OC(=O)c1csc(NCc2ccccc2)n1)C(=O)Nc1ccc(C(N)=O)cc1. The third-order valence-corrected chi connectivity index (χ3v) is 4.89. The number of rotatable bonds is 8. The van der Waals surface area contributed by atoms with Gasteiger partial charge in [0.05, 0.1) is 0 Å². The molecule has 1 unspecified atom stereocenters. The van der Waals surface area contributed by atoms with Crippen LogP contribution in [0, 0.1) is 0 Å². The number of thiazole rings is 1. The fourth-order valence-corrected chi connectivity index (χ4v) is 3.14. The highest BCUT2D eigenvalue weighted by Gasteiger charge is 2.21. The van der Waals surface area contributed by atoms with Gasteiger partial charge in [-0.15, -0.1) is 11.3 Å². The van der Waals surface area contributed by atoms with Crippen molar-refractivity contribution in [1.82, 2.24) is 4.98 Å². The molecule has 2 aromatic carbocycles. The first-order valence-electron chi connectivity index (χ1n) is 9.07. The molecule has 0 saturated heterocycles. The zero-order valence-corrected chi connectivity index (χ0v) is 16.9. The molecule has 0 spiro atoms. The third-order valence-electron chi connectivity index (χ3n) is 4.09. The first-order chi connectivity index (χ1) is 14.4. The topological polar surface area (TPSA) is 123 Å². The summed E-state index contributed by atoms with van der Waals surface area (Å²) >= 11 is 1.28. The predicted molar refractivity (Wildman–Crippen MR) is 114 cm³/mol. The Kier molecular flexibility index (Phi) is 6.76. The van der Waals surface area contributed by atoms with Crippen molar-refractivity contribution in [3.63, 3.8) is 0 Å². The molecule has 3 rings (SSSR count). The number of carbonyl (C=O) groups is 3. The Labute approximate surface area is 177 Å². The monoisotopic (exact) mass is 424 g/mol. The minimum absolute atomic E-state index is 0.126. The lowest BCUT2D eigenvalue weighted by Gasteiger charge is -2.13. The summed E-state index contributed by atoms with van der Waals surface area (Å²) in [5, 5.41) is 7.91. The molecule has 0 saturated carbocycles. The minimum Gasteiger partial charge on any atom is -0.448 e. The predicted octanol–water partition coefficient (Wildman–Crippen LogP) is 3.04. The van der Waals surface area contributed by atoms with Crippen LogP contribution in [-0.2, 0) is 16.1 Å². The molecule has 0 aliphatic rings. The van der Waals surface area contributed by atoms with E-state index in [4.69, 9.17) is 10.5 Å². The largest absolute Gasteiger partial charge is 0.448 e. The van der Waals surface area contributed by atoms with Gasteiger partial charge in [-0.05, 0) is 36.8 Å². The van der Waals surface area contributed by atoms with E-state index in [9.17, 15) is 14.4 Å². The average molecular weight is 424 g/mol. The molecule has 4 N–H and O–H groups in total. The molecular formula is C21H20N4O4S. The van der Waals surface area contributed by atoms with Crippen molar-refractivity contribution in [3.05, 3.63) is 76.8 Å². The first-order valence-corrected chi connectivity index (χ1v) is 9.95. The zero-order valence-electron chi connectivity index (χ0n) is 16.1. The van der Waals surface area contributed by atoms with Gasteiger partial charge in [-0.1, -0.05) is 30.3 Å². The molecule has 9 heteroatoms. The standard InChI is InChI=1S/C21H20N4O4S/c1-13(19(27)24-16-9-7-15(8-10-16)18(22)26)29-20(28)17-12-30-21(25-17)23-11-14-5-3-2-4-6-14/h2-10,12-13H,11H2,1H3,(H2,22,26)(H,23,25)(H,24,27). The van der Waals surface area contributed by atoms with E-state index in [1.54, 1.807) is 5.38 Å². The van der Waals surface area contributed by atoms with Gasteiger partial charge in [0, 0.05) is 23.2 Å². The summed E-state index contributed by atoms with van der Waals surface area (Å²) in [5.74, 6) is -1.75. The third kappa shape index (κ3) is 5.65. The van der Waals surface area contributed by atoms with E-state index in [0.29, 0.717) is 22.9 Å². The second-order valence-electron chi connectivity index (χ2n) is 6.36. The van der Waals surface area contributed by atoms with E-state index in [1.165, 1.54) is 42.5 Å². The number of primary amides is 1. The van der Waals surface area contributed by atoms with Crippen LogP contribution in [0.3, 0.4) is 0 Å². The Balaban J connectivity index is 1.51. The second kappa shape index (κ2) is 9.66. The van der Waals surface area contributed by atoms with Crippen LogP contribution in [0.25, 0.3) is 0 Å². The highest BCUT2D eigenvalue weighted by atomic mass is 32.1. The van der Waals surface area contributed by atoms with Gasteiger partial charge in [-0.3, -0.25) is 9.59 Å². The highest BCUT2D eigenvalue weighted by molar-refractivity contribution is 7.13. The molecule has 0 fully saturated rings. The smallest absolute Gasteiger partial charge is 0.358 e. The van der Waals surface area contributed by atoms with Crippen LogP contribution in [0.2, 0.25) is 0 Å². The Hall–Kier alpha value is -3.72. The van der Waals surface area contributed by atoms with Gasteiger partial charge in [0.25, 0.3) is 5.91 Å². The number of nitrogens with one attached hydrogen (secondary N) is 2. The van der Waals surface area contributed by atoms with Crippen molar-refractivity contribution in [1.29, 1.82) is 0 Å². The van der Waals surface area contributed by atoms with Gasteiger partial charge < -0.3 is 21.1 Å². The van der Waals surface area contributed by atoms with E-state index < -0.39 is 23.9 Å². The Bertz CT molecular complexity index is 1030. The van der Waals surface area contributed by atoms with E-state index in [2.05, 4.69) is 15.6 Å². The van der Waals surface area contributed by atoms with Gasteiger partial charge in [-0.25, -0.2) is 9.78 Å². The number of esters is 1. The van der Waals surface area contributed by atoms with Gasteiger partial charge in [0.2, 0.25) is 5.91 Å². The Morgan fingerprint density at radius 1 is 1.10 bits per heavy atom. The summed E-state index contributed by atoms with van der Waals surface area (Å²) in [5.41, 5.74) is 7.17. The molecule has 154 valence electrons. The summed E-state index contributed by atoms with van der Waals surface area (Å²) in [6, 6.07) is 15.9. The average Bonchev–Trinajstić information content (AvgIpc) is 3.22. The van der Waals surface area contributed by atoms with Crippen molar-refractivity contribution in [2.75, 3.05) is 10.6 Å². The fraction of sp³-hybridized carbons (Fsp3) is 0.143. The lowest BCUT2D eigenvalue weighted by atomic mass is 10.2. The van der Waals surface area contributed by atoms with Gasteiger partial charge >= 0.3 is 5.97 Å². The summed E-state index contributed by atoms with van der Waals surface area (Å²) in [7, 11) is 0. The molecule has 1 atom stereocenters. The van der Waals surface area contributed by atoms with Crippen molar-refractivity contribution >= 4 is 39.9 Å². The number of nitrogens with two attached hydrogens (primary N) is 1. The number of hydrogen-bond acceptors (Lipinski definition) is 7. The summed E-state index contributed by atoms with van der Waals surface area (Å²) in [6.45, 7) is 2.04. The van der Waals surface area contributed by atoms with Crippen molar-refractivity contribution in [2.24, 2.45) is 5.73 Å². The lowest BCUT2D eigenvalue weighted by Crippen LogP contribution is -2.30. The summed E-state index contributed by atoms with van der Waals surface area (Å²) in [4.78, 5) is 39.8. The van der Waals surface area contributed by atoms with E-state index >= 15 is 0 Å². The van der Waals surface area contributed by atoms with Crippen LogP contribution in [0.15, 0.2) is 60.0 Å². The minimum atomic E-state index is -1.03. The second-order valence-corrected chi connectivity index (χ2v) is 7.21. The van der Waals surface area contributed by atoms with E-state index in [0.717, 1.165) is 5.56 Å². The van der Waals surface area contributed by atoms with Gasteiger partial charge in [0.15, 0.2) is 16.9 Å². The number of hydrogen-bond donors (Lipinski definition) is 3. The maximum absolute atomic E-state index is 12.3. The molecule has 0 aliphatic carbocycles. The molecule has 3 aromatic rings. The van der Waals surface area contributed by atoms with Crippen LogP contribution in [0.1, 0.15) is 33.3 Å². The van der Waals surface area contributed by atoms with Gasteiger partial charge in [-0.2, -0.15) is 0 Å². The van der Waals surface area contributed by atoms with Crippen LogP contribution in [0.4, 0.5) is 10.8 Å². The van der Waals surface area contributed by atoms with Crippen LogP contribution >= 0.6 is 11.3 Å². The Morgan fingerprint density at radius 2 is 1.80 bits per heavy atom. The number of aromatic nitrogens is 1. The number of nitrogens with zero attached hydrogens (tertiary/aromatic N) is 1. The van der Waals surface area contributed by atoms with Crippen molar-refractivity contribution < 1.29 is 19.1 Å². The van der Waals surface area contributed by atoms with Crippen molar-refractivity contribution in [3.8, 4) is 0 Å². The zero-order chi connectivity index (χ0) is 21.5. The molecule has 30 heavy (non-hydrogen) atoms. The van der Waals surface area contributed by atoms with E-state index in [1.807, 2.05) is 30.3 Å². The van der Waals surface area contributed by atoms with Crippen LogP contribution in [0.5, 0.6) is 0 Å². The molecule has 2 amide bonds. The number of carbonyl (C=O) groups excluding carboxylic acids is 3. The molecule has 8 nitrogen and oxygen atoms in total. The number of amides is 2. The van der Waals surface area contributed by atoms with Gasteiger partial charge in [0.1, 0.15) is 0 Å². The summed E-state index contributed by atoms with van der Waals surface area (Å²) in [6.07, 6.45) is -1.03. The molecule has 0 aliphatic heterocycles. The maximum atomic E-state index is 12.3. The highest BCUT2D eigenvalue weighted by Crippen LogP contribution is 2.18. The Morgan fingerprint density at radius 3 is 2.47 bits per heavy atom. The van der Waals surface area contributed by atoms with Crippen LogP contribution < -0.4 is 16.4 Å². The quantitative estimate of drug-likeness (QED) is 0.478. The number of ether oxygens (including phenoxy) is 1. The molecular weight excluding hydrogens is 404 g/mol. The molecule has 1 aromatic heterocycles. The number of benzene rings is 2. The maximum Gasteiger partial charge on any atom is 0.358 e. The van der Waals surface area contributed by atoms with Crippen molar-refractivity contribution in [2.45, 2.75) is 19.6 Å². The molecule has 0 radical (unpaired) electrons. The first kappa shape index (κ1) is 21.0. The normalized spacial score (nSPS) is 11.4.